The molecule has 2 aromatic carbocycles. The van der Waals surface area contributed by atoms with Crippen molar-refractivity contribution in [2.75, 3.05) is 0 Å². The van der Waals surface area contributed by atoms with Gasteiger partial charge in [-0.05, 0) is 22.6 Å². The maximum atomic E-state index is 12.1. The first-order valence-electron chi connectivity index (χ1n) is 7.48. The Bertz CT molecular complexity index is 846. The van der Waals surface area contributed by atoms with Gasteiger partial charge in [0.2, 0.25) is 0 Å². The monoisotopic (exact) mass is 277 g/mol. The molecule has 0 fully saturated rings. The fourth-order valence-electron chi connectivity index (χ4n) is 2.86. The Morgan fingerprint density at radius 2 is 1.57 bits per heavy atom. The van der Waals surface area contributed by atoms with Gasteiger partial charge in [-0.1, -0.05) is 62.7 Å². The summed E-state index contributed by atoms with van der Waals surface area (Å²) in [5.41, 5.74) is 4.69. The third kappa shape index (κ3) is 2.27. The molecule has 0 amide bonds. The van der Waals surface area contributed by atoms with Crippen molar-refractivity contribution >= 4 is 10.8 Å². The molecule has 1 aliphatic rings. The van der Waals surface area contributed by atoms with Crippen LogP contribution in [0.2, 0.25) is 0 Å². The lowest BCUT2D eigenvalue weighted by Crippen LogP contribution is -2.08. The van der Waals surface area contributed by atoms with Crippen LogP contribution in [0.1, 0.15) is 31.4 Å². The molecule has 0 atom stereocenters. The van der Waals surface area contributed by atoms with Crippen molar-refractivity contribution in [1.82, 2.24) is 4.98 Å². The first-order valence-corrected chi connectivity index (χ1v) is 7.48. The van der Waals surface area contributed by atoms with Crippen LogP contribution in [0.3, 0.4) is 0 Å². The van der Waals surface area contributed by atoms with E-state index in [4.69, 9.17) is 0 Å². The minimum atomic E-state index is 0.000975. The smallest absolute Gasteiger partial charge is 0.256 e. The van der Waals surface area contributed by atoms with E-state index in [2.05, 4.69) is 31.0 Å². The van der Waals surface area contributed by atoms with Gasteiger partial charge in [-0.2, -0.15) is 0 Å². The van der Waals surface area contributed by atoms with Crippen molar-refractivity contribution < 1.29 is 0 Å². The number of aromatic nitrogens is 1. The van der Waals surface area contributed by atoms with Gasteiger partial charge in [-0.3, -0.25) is 4.79 Å². The molecule has 1 heterocycles. The Hall–Kier alpha value is -2.35. The van der Waals surface area contributed by atoms with Gasteiger partial charge in [0.05, 0.1) is 5.69 Å². The van der Waals surface area contributed by atoms with Crippen LogP contribution in [0.25, 0.3) is 22.0 Å². The minimum absolute atomic E-state index is 0.000975. The second-order valence-corrected chi connectivity index (χ2v) is 5.39. The second-order valence-electron chi connectivity index (χ2n) is 5.39. The standard InChI is InChI=1S/C16H11NO.C3H8/c18-16-13-8-4-3-7-12(13)14-9-10-5-1-2-6-11(10)15(14)17-16;1-3-2/h1-8H,9H2,(H,17,18);3H2,1-2H3. The van der Waals surface area contributed by atoms with E-state index in [0.29, 0.717) is 0 Å². The SMILES string of the molecule is CCC.O=c1[nH]c2c(c3ccccc13)Cc1ccccc1-2. The van der Waals surface area contributed by atoms with Crippen molar-refractivity contribution in [2.45, 2.75) is 26.7 Å². The summed E-state index contributed by atoms with van der Waals surface area (Å²) >= 11 is 0. The molecule has 2 nitrogen and oxygen atoms in total. The molecule has 4 rings (SSSR count). The zero-order valence-electron chi connectivity index (χ0n) is 12.4. The topological polar surface area (TPSA) is 32.9 Å². The highest BCUT2D eigenvalue weighted by Crippen LogP contribution is 2.37. The van der Waals surface area contributed by atoms with Crippen LogP contribution in [0.4, 0.5) is 0 Å². The van der Waals surface area contributed by atoms with Crippen LogP contribution >= 0.6 is 0 Å². The molecule has 1 aliphatic carbocycles. The summed E-state index contributed by atoms with van der Waals surface area (Å²) in [6.07, 6.45) is 2.16. The molecular weight excluding hydrogens is 258 g/mol. The molecule has 0 unspecified atom stereocenters. The van der Waals surface area contributed by atoms with Gasteiger partial charge in [-0.15, -0.1) is 0 Å². The highest BCUT2D eigenvalue weighted by molar-refractivity contribution is 5.92. The molecule has 0 bridgehead atoms. The van der Waals surface area contributed by atoms with E-state index in [0.717, 1.165) is 28.5 Å². The quantitative estimate of drug-likeness (QED) is 0.504. The highest BCUT2D eigenvalue weighted by Gasteiger charge is 2.21. The van der Waals surface area contributed by atoms with Gasteiger partial charge in [-0.25, -0.2) is 0 Å². The lowest BCUT2D eigenvalue weighted by Gasteiger charge is -2.04. The summed E-state index contributed by atoms with van der Waals surface area (Å²) in [5.74, 6) is 0. The number of H-pyrrole nitrogens is 1. The number of nitrogens with one attached hydrogen (secondary N) is 1. The molecule has 0 spiro atoms. The average molecular weight is 277 g/mol. The molecule has 3 aromatic rings. The number of aromatic amines is 1. The Morgan fingerprint density at radius 3 is 2.33 bits per heavy atom. The Labute approximate surface area is 124 Å². The van der Waals surface area contributed by atoms with E-state index in [1.54, 1.807) is 0 Å². The summed E-state index contributed by atoms with van der Waals surface area (Å²) in [6, 6.07) is 16.1. The summed E-state index contributed by atoms with van der Waals surface area (Å²) in [4.78, 5) is 15.1. The van der Waals surface area contributed by atoms with Gasteiger partial charge in [0.1, 0.15) is 0 Å². The zero-order chi connectivity index (χ0) is 14.8. The predicted octanol–water partition coefficient (Wildman–Crippen LogP) is 4.52. The first kappa shape index (κ1) is 13.6. The predicted molar refractivity (Wildman–Crippen MR) is 88.8 cm³/mol. The summed E-state index contributed by atoms with van der Waals surface area (Å²) in [6.45, 7) is 4.25. The fourth-order valence-corrected chi connectivity index (χ4v) is 2.86. The third-order valence-corrected chi connectivity index (χ3v) is 3.69. The maximum absolute atomic E-state index is 12.1. The highest BCUT2D eigenvalue weighted by atomic mass is 16.1. The van der Waals surface area contributed by atoms with E-state index >= 15 is 0 Å². The molecule has 0 saturated carbocycles. The molecule has 21 heavy (non-hydrogen) atoms. The lowest BCUT2D eigenvalue weighted by molar-refractivity contribution is 1.09. The minimum Gasteiger partial charge on any atom is -0.321 e. The van der Waals surface area contributed by atoms with Crippen LogP contribution in [-0.2, 0) is 6.42 Å². The van der Waals surface area contributed by atoms with Crippen molar-refractivity contribution in [2.24, 2.45) is 0 Å². The third-order valence-electron chi connectivity index (χ3n) is 3.69. The molecule has 1 aromatic heterocycles. The second kappa shape index (κ2) is 5.57. The fraction of sp³-hybridized carbons (Fsp3) is 0.211. The van der Waals surface area contributed by atoms with Gasteiger partial charge < -0.3 is 4.98 Å². The Balaban J connectivity index is 0.000000409. The van der Waals surface area contributed by atoms with E-state index in [1.165, 1.54) is 17.5 Å². The number of fused-ring (bicyclic) bond motifs is 5. The van der Waals surface area contributed by atoms with Crippen molar-refractivity contribution in [1.29, 1.82) is 0 Å². The summed E-state index contributed by atoms with van der Waals surface area (Å²) in [7, 11) is 0. The summed E-state index contributed by atoms with van der Waals surface area (Å²) < 4.78 is 0. The number of hydrogen-bond donors (Lipinski definition) is 1. The van der Waals surface area contributed by atoms with Crippen LogP contribution in [0.5, 0.6) is 0 Å². The molecule has 1 N–H and O–H groups in total. The van der Waals surface area contributed by atoms with Crippen LogP contribution in [-0.4, -0.2) is 4.98 Å². The van der Waals surface area contributed by atoms with E-state index in [-0.39, 0.29) is 5.56 Å². The molecule has 2 heteroatoms. The van der Waals surface area contributed by atoms with Crippen molar-refractivity contribution in [3.8, 4) is 11.3 Å². The Morgan fingerprint density at radius 1 is 0.952 bits per heavy atom. The average Bonchev–Trinajstić information content (AvgIpc) is 2.88. The van der Waals surface area contributed by atoms with Gasteiger partial charge in [0.25, 0.3) is 5.56 Å². The van der Waals surface area contributed by atoms with Crippen molar-refractivity contribution in [3.05, 3.63) is 70.0 Å². The zero-order valence-corrected chi connectivity index (χ0v) is 12.4. The first-order chi connectivity index (χ1) is 10.3. The molecular formula is C19H19NO. The van der Waals surface area contributed by atoms with Gasteiger partial charge in [0, 0.05) is 17.4 Å². The number of rotatable bonds is 0. The van der Waals surface area contributed by atoms with E-state index in [9.17, 15) is 4.79 Å². The van der Waals surface area contributed by atoms with Crippen LogP contribution in [0.15, 0.2) is 53.3 Å². The largest absolute Gasteiger partial charge is 0.321 e. The van der Waals surface area contributed by atoms with Crippen molar-refractivity contribution in [3.63, 3.8) is 0 Å². The van der Waals surface area contributed by atoms with E-state index in [1.807, 2.05) is 36.4 Å². The van der Waals surface area contributed by atoms with Crippen LogP contribution in [0, 0.1) is 0 Å². The molecule has 0 aliphatic heterocycles. The molecule has 0 radical (unpaired) electrons. The number of benzene rings is 2. The lowest BCUT2D eigenvalue weighted by atomic mass is 10.0. The molecule has 0 saturated heterocycles. The Kier molecular flexibility index (Phi) is 3.61. The van der Waals surface area contributed by atoms with Gasteiger partial charge in [0.15, 0.2) is 0 Å². The van der Waals surface area contributed by atoms with Crippen LogP contribution < -0.4 is 5.56 Å². The normalized spacial score (nSPS) is 11.5. The van der Waals surface area contributed by atoms with Gasteiger partial charge >= 0.3 is 0 Å². The number of pyridine rings is 1. The van der Waals surface area contributed by atoms with E-state index < -0.39 is 0 Å². The molecule has 106 valence electrons. The maximum Gasteiger partial charge on any atom is 0.256 e. The summed E-state index contributed by atoms with van der Waals surface area (Å²) in [5, 5.41) is 1.86. The number of hydrogen-bond acceptors (Lipinski definition) is 1.